The molecule has 0 aliphatic carbocycles. The van der Waals surface area contributed by atoms with Crippen molar-refractivity contribution in [3.8, 4) is 0 Å². The number of ketones is 1. The van der Waals surface area contributed by atoms with Crippen LogP contribution in [0, 0.1) is 0 Å². The van der Waals surface area contributed by atoms with E-state index in [4.69, 9.17) is 25.1 Å². The van der Waals surface area contributed by atoms with Gasteiger partial charge in [-0.25, -0.2) is 0 Å². The minimum Gasteiger partial charge on any atom is -0.394 e. The molecule has 0 bridgehead atoms. The Morgan fingerprint density at radius 2 is 1.92 bits per heavy atom. The SMILES string of the molecule is O=C(CO)[C@H](OP(O)O)[C@H](O)CO. The van der Waals surface area contributed by atoms with Gasteiger partial charge < -0.3 is 25.1 Å². The van der Waals surface area contributed by atoms with E-state index in [-0.39, 0.29) is 0 Å². The van der Waals surface area contributed by atoms with Gasteiger partial charge in [-0.15, -0.1) is 0 Å². The monoisotopic (exact) mass is 214 g/mol. The maximum absolute atomic E-state index is 10.8. The fourth-order valence-corrected chi connectivity index (χ4v) is 1.09. The molecule has 8 heteroatoms. The Bertz CT molecular complexity index is 161. The molecule has 5 N–H and O–H groups in total. The summed E-state index contributed by atoms with van der Waals surface area (Å²) in [5, 5.41) is 25.8. The molecule has 0 rings (SSSR count). The lowest BCUT2D eigenvalue weighted by Crippen LogP contribution is -2.39. The fourth-order valence-electron chi connectivity index (χ4n) is 0.631. The Morgan fingerprint density at radius 3 is 2.23 bits per heavy atom. The van der Waals surface area contributed by atoms with Crippen molar-refractivity contribution in [1.29, 1.82) is 0 Å². The molecule has 0 amide bonds. The van der Waals surface area contributed by atoms with Crippen LogP contribution in [0.3, 0.4) is 0 Å². The van der Waals surface area contributed by atoms with Crippen LogP contribution < -0.4 is 0 Å². The highest BCUT2D eigenvalue weighted by Crippen LogP contribution is 2.28. The highest BCUT2D eigenvalue weighted by Gasteiger charge is 2.29. The number of aliphatic hydroxyl groups excluding tert-OH is 3. The topological polar surface area (TPSA) is 127 Å². The van der Waals surface area contributed by atoms with Gasteiger partial charge in [-0.05, 0) is 0 Å². The molecule has 0 saturated heterocycles. The van der Waals surface area contributed by atoms with E-state index >= 15 is 0 Å². The summed E-state index contributed by atoms with van der Waals surface area (Å²) in [5.74, 6) is -0.933. The van der Waals surface area contributed by atoms with Crippen LogP contribution in [0.1, 0.15) is 0 Å². The molecule has 13 heavy (non-hydrogen) atoms. The molecule has 0 fully saturated rings. The maximum atomic E-state index is 10.8. The third kappa shape index (κ3) is 4.58. The predicted molar refractivity (Wildman–Crippen MR) is 41.4 cm³/mol. The first-order valence-corrected chi connectivity index (χ1v) is 4.46. The van der Waals surface area contributed by atoms with Crippen LogP contribution in [-0.4, -0.2) is 56.3 Å². The summed E-state index contributed by atoms with van der Waals surface area (Å²) in [7, 11) is -2.82. The molecule has 0 unspecified atom stereocenters. The summed E-state index contributed by atoms with van der Waals surface area (Å²) < 4.78 is 4.21. The Hall–Kier alpha value is -0.140. The molecule has 7 nitrogen and oxygen atoms in total. The molecular weight excluding hydrogens is 203 g/mol. The van der Waals surface area contributed by atoms with Crippen LogP contribution in [0.4, 0.5) is 0 Å². The van der Waals surface area contributed by atoms with Crippen molar-refractivity contribution in [2.45, 2.75) is 12.2 Å². The maximum Gasteiger partial charge on any atom is 0.327 e. The molecule has 0 aromatic rings. The number of aliphatic hydroxyl groups is 3. The van der Waals surface area contributed by atoms with Gasteiger partial charge in [-0.2, -0.15) is 0 Å². The number of carbonyl (C=O) groups is 1. The van der Waals surface area contributed by atoms with E-state index in [0.717, 1.165) is 0 Å². The van der Waals surface area contributed by atoms with Crippen LogP contribution in [0.15, 0.2) is 0 Å². The molecular formula is C5H11O7P. The van der Waals surface area contributed by atoms with E-state index in [9.17, 15) is 4.79 Å². The molecule has 0 heterocycles. The second-order valence-corrected chi connectivity index (χ2v) is 2.87. The van der Waals surface area contributed by atoms with Crippen LogP contribution in [0.2, 0.25) is 0 Å². The zero-order valence-corrected chi connectivity index (χ0v) is 7.46. The number of rotatable bonds is 6. The molecule has 2 atom stereocenters. The van der Waals surface area contributed by atoms with E-state index in [1.807, 2.05) is 0 Å². The lowest BCUT2D eigenvalue weighted by atomic mass is 10.1. The van der Waals surface area contributed by atoms with Gasteiger partial charge in [0.05, 0.1) is 6.61 Å². The summed E-state index contributed by atoms with van der Waals surface area (Å²) in [6, 6.07) is 0. The van der Waals surface area contributed by atoms with Crippen LogP contribution in [-0.2, 0) is 9.32 Å². The van der Waals surface area contributed by atoms with Gasteiger partial charge in [-0.3, -0.25) is 9.32 Å². The Kier molecular flexibility index (Phi) is 6.27. The predicted octanol–water partition coefficient (Wildman–Crippen LogP) is -2.50. The fraction of sp³-hybridized carbons (Fsp3) is 0.800. The van der Waals surface area contributed by atoms with Crippen molar-refractivity contribution >= 4 is 14.4 Å². The van der Waals surface area contributed by atoms with Gasteiger partial charge in [0.2, 0.25) is 0 Å². The quantitative estimate of drug-likeness (QED) is 0.309. The van der Waals surface area contributed by atoms with Gasteiger partial charge >= 0.3 is 8.60 Å². The van der Waals surface area contributed by atoms with Crippen molar-refractivity contribution < 1.29 is 34.4 Å². The summed E-state index contributed by atoms with van der Waals surface area (Å²) in [4.78, 5) is 27.6. The van der Waals surface area contributed by atoms with Crippen LogP contribution in [0.5, 0.6) is 0 Å². The minimum atomic E-state index is -2.82. The number of hydrogen-bond donors (Lipinski definition) is 5. The lowest BCUT2D eigenvalue weighted by Gasteiger charge is -2.19. The van der Waals surface area contributed by atoms with Gasteiger partial charge in [0.1, 0.15) is 12.7 Å². The Morgan fingerprint density at radius 1 is 1.38 bits per heavy atom. The first kappa shape index (κ1) is 12.9. The molecule has 78 valence electrons. The first-order chi connectivity index (χ1) is 6.02. The molecule has 0 aromatic heterocycles. The second kappa shape index (κ2) is 6.33. The molecule has 0 saturated carbocycles. The average Bonchev–Trinajstić information content (AvgIpc) is 2.11. The smallest absolute Gasteiger partial charge is 0.327 e. The number of hydrogen-bond acceptors (Lipinski definition) is 7. The average molecular weight is 214 g/mol. The first-order valence-electron chi connectivity index (χ1n) is 3.30. The highest BCUT2D eigenvalue weighted by molar-refractivity contribution is 7.39. The zero-order valence-electron chi connectivity index (χ0n) is 6.57. The van der Waals surface area contributed by atoms with Crippen molar-refractivity contribution in [2.75, 3.05) is 13.2 Å². The van der Waals surface area contributed by atoms with Crippen LogP contribution >= 0.6 is 8.60 Å². The third-order valence-electron chi connectivity index (χ3n) is 1.22. The Labute approximate surface area is 75.2 Å². The molecule has 0 aliphatic heterocycles. The van der Waals surface area contributed by atoms with Gasteiger partial charge in [0, 0.05) is 0 Å². The number of carbonyl (C=O) groups excluding carboxylic acids is 1. The standard InChI is InChI=1S/C5H11O7P/c6-1-3(8)5(4(9)2-7)12-13(10)11/h3,5-8,10-11H,1-2H2/t3-,5-/m1/s1. The van der Waals surface area contributed by atoms with Crippen molar-refractivity contribution in [3.63, 3.8) is 0 Å². The third-order valence-corrected chi connectivity index (χ3v) is 1.63. The Balaban J connectivity index is 4.26. The van der Waals surface area contributed by atoms with E-state index in [1.165, 1.54) is 0 Å². The summed E-state index contributed by atoms with van der Waals surface area (Å²) >= 11 is 0. The highest BCUT2D eigenvalue weighted by atomic mass is 31.2. The van der Waals surface area contributed by atoms with Crippen molar-refractivity contribution in [2.24, 2.45) is 0 Å². The molecule has 0 aliphatic rings. The molecule has 0 radical (unpaired) electrons. The normalized spacial score (nSPS) is 15.8. The molecule has 0 spiro atoms. The van der Waals surface area contributed by atoms with Crippen molar-refractivity contribution in [1.82, 2.24) is 0 Å². The lowest BCUT2D eigenvalue weighted by molar-refractivity contribution is -0.135. The summed E-state index contributed by atoms with van der Waals surface area (Å²) in [5.41, 5.74) is 0. The van der Waals surface area contributed by atoms with Crippen molar-refractivity contribution in [3.05, 3.63) is 0 Å². The van der Waals surface area contributed by atoms with E-state index in [0.29, 0.717) is 0 Å². The summed E-state index contributed by atoms with van der Waals surface area (Å²) in [6.45, 7) is -1.69. The van der Waals surface area contributed by atoms with E-state index in [1.54, 1.807) is 0 Å². The second-order valence-electron chi connectivity index (χ2n) is 2.15. The largest absolute Gasteiger partial charge is 0.394 e. The van der Waals surface area contributed by atoms with Gasteiger partial charge in [-0.1, -0.05) is 0 Å². The molecule has 0 aromatic carbocycles. The van der Waals surface area contributed by atoms with Gasteiger partial charge in [0.25, 0.3) is 0 Å². The summed E-state index contributed by atoms with van der Waals surface area (Å²) in [6.07, 6.45) is -3.19. The van der Waals surface area contributed by atoms with Crippen LogP contribution in [0.25, 0.3) is 0 Å². The minimum absolute atomic E-state index is 0.778. The van der Waals surface area contributed by atoms with E-state index in [2.05, 4.69) is 4.52 Å². The number of Topliss-reactive ketones (excluding diaryl/α,β-unsaturated/α-hetero) is 1. The van der Waals surface area contributed by atoms with E-state index < -0.39 is 39.8 Å². The van der Waals surface area contributed by atoms with Gasteiger partial charge in [0.15, 0.2) is 11.9 Å². The zero-order chi connectivity index (χ0) is 10.4.